The number of hydrogen-bond acceptors (Lipinski definition) is 5. The van der Waals surface area contributed by atoms with Crippen LogP contribution in [0.15, 0.2) is 29.6 Å². The number of carbonyl (C=O) groups is 1. The quantitative estimate of drug-likeness (QED) is 0.717. The Morgan fingerprint density at radius 3 is 2.92 bits per heavy atom. The molecule has 0 spiro atoms. The van der Waals surface area contributed by atoms with Crippen molar-refractivity contribution in [2.45, 2.75) is 25.8 Å². The summed E-state index contributed by atoms with van der Waals surface area (Å²) in [7, 11) is 0. The number of hydrogen-bond donors (Lipinski definition) is 1. The van der Waals surface area contributed by atoms with Gasteiger partial charge in [-0.3, -0.25) is 15.0 Å². The Labute approximate surface area is 153 Å². The lowest BCUT2D eigenvalue weighted by Gasteiger charge is -2.25. The number of amides is 1. The molecule has 1 saturated heterocycles. The van der Waals surface area contributed by atoms with Crippen LogP contribution >= 0.6 is 22.7 Å². The van der Waals surface area contributed by atoms with Crippen LogP contribution in [0.2, 0.25) is 0 Å². The van der Waals surface area contributed by atoms with Crippen LogP contribution in [0.4, 0.5) is 9.52 Å². The van der Waals surface area contributed by atoms with Crippen molar-refractivity contribution in [2.24, 2.45) is 0 Å². The summed E-state index contributed by atoms with van der Waals surface area (Å²) < 4.78 is 14.5. The number of carbonyl (C=O) groups excluding carboxylic acids is 1. The third kappa shape index (κ3) is 3.73. The number of piperidine rings is 1. The molecule has 7 heteroatoms. The fraction of sp³-hybridized carbons (Fsp3) is 0.333. The molecule has 1 aromatic carbocycles. The molecule has 0 atom stereocenters. The van der Waals surface area contributed by atoms with E-state index in [9.17, 15) is 9.18 Å². The molecule has 4 nitrogen and oxygen atoms in total. The van der Waals surface area contributed by atoms with Gasteiger partial charge in [-0.1, -0.05) is 12.5 Å². The van der Waals surface area contributed by atoms with E-state index in [0.29, 0.717) is 15.4 Å². The molecule has 3 aromatic rings. The number of halogens is 1. The summed E-state index contributed by atoms with van der Waals surface area (Å²) in [5, 5.41) is 5.91. The van der Waals surface area contributed by atoms with Gasteiger partial charge >= 0.3 is 0 Å². The van der Waals surface area contributed by atoms with Gasteiger partial charge in [-0.15, -0.1) is 22.7 Å². The van der Waals surface area contributed by atoms with Gasteiger partial charge in [0.15, 0.2) is 5.13 Å². The molecule has 130 valence electrons. The van der Waals surface area contributed by atoms with Crippen molar-refractivity contribution in [1.82, 2.24) is 9.88 Å². The average molecular weight is 375 g/mol. The van der Waals surface area contributed by atoms with Gasteiger partial charge in [0.2, 0.25) is 0 Å². The van der Waals surface area contributed by atoms with Crippen LogP contribution in [0.3, 0.4) is 0 Å². The number of nitrogens with zero attached hydrogens (tertiary/aromatic N) is 2. The molecule has 1 aliphatic rings. The highest BCUT2D eigenvalue weighted by molar-refractivity contribution is 7.21. The summed E-state index contributed by atoms with van der Waals surface area (Å²) in [5.41, 5.74) is 0.990. The number of nitrogens with one attached hydrogen (secondary N) is 1. The summed E-state index contributed by atoms with van der Waals surface area (Å²) in [6.45, 7) is 3.07. The minimum absolute atomic E-state index is 0.237. The standard InChI is InChI=1S/C18H18FN3OS2/c19-14-5-4-6-15-13(14)9-16(25-15)17(23)21-18-20-12(11-24-18)10-22-7-2-1-3-8-22/h4-6,9,11H,1-3,7-8,10H2,(H,20,21,23). The fourth-order valence-corrected chi connectivity index (χ4v) is 4.75. The van der Waals surface area contributed by atoms with Gasteiger partial charge in [0.05, 0.1) is 10.6 Å². The molecule has 4 rings (SSSR count). The predicted octanol–water partition coefficient (Wildman–Crippen LogP) is 4.74. The topological polar surface area (TPSA) is 45.2 Å². The van der Waals surface area contributed by atoms with E-state index in [0.717, 1.165) is 30.0 Å². The number of aromatic nitrogens is 1. The van der Waals surface area contributed by atoms with Crippen molar-refractivity contribution in [1.29, 1.82) is 0 Å². The number of thiophene rings is 1. The number of benzene rings is 1. The lowest BCUT2D eigenvalue weighted by Crippen LogP contribution is -2.29. The molecule has 0 bridgehead atoms. The van der Waals surface area contributed by atoms with Crippen LogP contribution < -0.4 is 5.32 Å². The number of thiazole rings is 1. The molecule has 3 heterocycles. The van der Waals surface area contributed by atoms with Gasteiger partial charge in [0, 0.05) is 22.0 Å². The number of anilines is 1. The van der Waals surface area contributed by atoms with Gasteiger partial charge in [-0.05, 0) is 44.1 Å². The largest absolute Gasteiger partial charge is 0.297 e. The first-order valence-electron chi connectivity index (χ1n) is 8.35. The number of rotatable bonds is 4. The maximum Gasteiger partial charge on any atom is 0.267 e. The molecule has 2 aromatic heterocycles. The minimum Gasteiger partial charge on any atom is -0.297 e. The van der Waals surface area contributed by atoms with Gasteiger partial charge < -0.3 is 0 Å². The van der Waals surface area contributed by atoms with Crippen molar-refractivity contribution in [2.75, 3.05) is 18.4 Å². The molecular weight excluding hydrogens is 357 g/mol. The van der Waals surface area contributed by atoms with Crippen molar-refractivity contribution < 1.29 is 9.18 Å². The summed E-state index contributed by atoms with van der Waals surface area (Å²) >= 11 is 2.72. The maximum atomic E-state index is 13.8. The zero-order valence-corrected chi connectivity index (χ0v) is 15.3. The van der Waals surface area contributed by atoms with Crippen molar-refractivity contribution >= 4 is 43.8 Å². The Morgan fingerprint density at radius 2 is 2.12 bits per heavy atom. The lowest BCUT2D eigenvalue weighted by atomic mass is 10.1. The molecule has 1 N–H and O–H groups in total. The smallest absolute Gasteiger partial charge is 0.267 e. The molecular formula is C18H18FN3OS2. The van der Waals surface area contributed by atoms with E-state index in [1.807, 2.05) is 11.4 Å². The Bertz CT molecular complexity index is 899. The fourth-order valence-electron chi connectivity index (χ4n) is 3.08. The van der Waals surface area contributed by atoms with Crippen LogP contribution in [-0.2, 0) is 6.54 Å². The molecule has 0 radical (unpaired) electrons. The van der Waals surface area contributed by atoms with E-state index in [1.54, 1.807) is 12.1 Å². The van der Waals surface area contributed by atoms with E-state index in [4.69, 9.17) is 0 Å². The first-order valence-corrected chi connectivity index (χ1v) is 10.0. The minimum atomic E-state index is -0.300. The summed E-state index contributed by atoms with van der Waals surface area (Å²) in [4.78, 5) is 19.8. The highest BCUT2D eigenvalue weighted by Gasteiger charge is 2.16. The third-order valence-electron chi connectivity index (χ3n) is 4.34. The maximum absolute atomic E-state index is 13.8. The monoisotopic (exact) mass is 375 g/mol. The highest BCUT2D eigenvalue weighted by atomic mass is 32.1. The van der Waals surface area contributed by atoms with Crippen LogP contribution in [0, 0.1) is 5.82 Å². The van der Waals surface area contributed by atoms with Gasteiger partial charge in [-0.2, -0.15) is 0 Å². The zero-order valence-electron chi connectivity index (χ0n) is 13.6. The van der Waals surface area contributed by atoms with E-state index in [1.165, 1.54) is 48.0 Å². The van der Waals surface area contributed by atoms with Crippen molar-refractivity contribution in [3.8, 4) is 0 Å². The highest BCUT2D eigenvalue weighted by Crippen LogP contribution is 2.28. The Kier molecular flexibility index (Phi) is 4.78. The Morgan fingerprint density at radius 1 is 1.28 bits per heavy atom. The van der Waals surface area contributed by atoms with Gasteiger partial charge in [0.25, 0.3) is 5.91 Å². The average Bonchev–Trinajstić information content (AvgIpc) is 3.23. The Balaban J connectivity index is 1.44. The zero-order chi connectivity index (χ0) is 17.2. The summed E-state index contributed by atoms with van der Waals surface area (Å²) in [6.07, 6.45) is 3.80. The van der Waals surface area contributed by atoms with Crippen molar-refractivity contribution in [3.63, 3.8) is 0 Å². The van der Waals surface area contributed by atoms with Crippen LogP contribution in [-0.4, -0.2) is 28.9 Å². The molecule has 1 amide bonds. The normalized spacial score (nSPS) is 15.6. The SMILES string of the molecule is O=C(Nc1nc(CN2CCCCC2)cs1)c1cc2c(F)cccc2s1. The first-order chi connectivity index (χ1) is 12.2. The third-order valence-corrected chi connectivity index (χ3v) is 6.24. The summed E-state index contributed by atoms with van der Waals surface area (Å²) in [5.74, 6) is -0.537. The predicted molar refractivity (Wildman–Crippen MR) is 101 cm³/mol. The summed E-state index contributed by atoms with van der Waals surface area (Å²) in [6, 6.07) is 6.49. The van der Waals surface area contributed by atoms with Crippen LogP contribution in [0.25, 0.3) is 10.1 Å². The number of fused-ring (bicyclic) bond motifs is 1. The second-order valence-electron chi connectivity index (χ2n) is 6.20. The molecule has 25 heavy (non-hydrogen) atoms. The van der Waals surface area contributed by atoms with E-state index < -0.39 is 0 Å². The second kappa shape index (κ2) is 7.19. The van der Waals surface area contributed by atoms with Crippen LogP contribution in [0.5, 0.6) is 0 Å². The van der Waals surface area contributed by atoms with Crippen LogP contribution in [0.1, 0.15) is 34.6 Å². The van der Waals surface area contributed by atoms with Gasteiger partial charge in [0.1, 0.15) is 5.82 Å². The Hall–Kier alpha value is -1.83. The van der Waals surface area contributed by atoms with E-state index in [-0.39, 0.29) is 11.7 Å². The molecule has 0 unspecified atom stereocenters. The first kappa shape index (κ1) is 16.6. The molecule has 1 aliphatic heterocycles. The molecule has 0 aliphatic carbocycles. The molecule has 0 saturated carbocycles. The molecule has 1 fully saturated rings. The van der Waals surface area contributed by atoms with E-state index >= 15 is 0 Å². The number of likely N-dealkylation sites (tertiary alicyclic amines) is 1. The lowest BCUT2D eigenvalue weighted by molar-refractivity contribution is 0.103. The second-order valence-corrected chi connectivity index (χ2v) is 8.14. The van der Waals surface area contributed by atoms with Gasteiger partial charge in [-0.25, -0.2) is 9.37 Å². The van der Waals surface area contributed by atoms with E-state index in [2.05, 4.69) is 15.2 Å². The van der Waals surface area contributed by atoms with Crippen molar-refractivity contribution in [3.05, 3.63) is 46.0 Å².